The highest BCUT2D eigenvalue weighted by molar-refractivity contribution is 7.80. The molecule has 0 heterocycles. The van der Waals surface area contributed by atoms with Crippen molar-refractivity contribution in [1.29, 1.82) is 0 Å². The fourth-order valence-corrected chi connectivity index (χ4v) is 3.48. The molecule has 0 aromatic heterocycles. The van der Waals surface area contributed by atoms with E-state index in [2.05, 4.69) is 23.7 Å². The molecule has 0 aromatic carbocycles. The fourth-order valence-electron chi connectivity index (χ4n) is 3.31. The predicted molar refractivity (Wildman–Crippen MR) is 120 cm³/mol. The van der Waals surface area contributed by atoms with Gasteiger partial charge >= 0.3 is 5.97 Å². The first-order valence-electron chi connectivity index (χ1n) is 11.5. The lowest BCUT2D eigenvalue weighted by atomic mass is 10.0. The van der Waals surface area contributed by atoms with E-state index in [1.807, 2.05) is 0 Å². The van der Waals surface area contributed by atoms with Crippen molar-refractivity contribution in [3.05, 3.63) is 0 Å². The second-order valence-corrected chi connectivity index (χ2v) is 8.34. The second kappa shape index (κ2) is 21.0. The van der Waals surface area contributed by atoms with Gasteiger partial charge in [-0.25, -0.2) is 0 Å². The van der Waals surface area contributed by atoms with Crippen LogP contribution in [-0.2, 0) is 9.59 Å². The highest BCUT2D eigenvalue weighted by Crippen LogP contribution is 2.14. The molecule has 0 spiro atoms. The van der Waals surface area contributed by atoms with Gasteiger partial charge in [0, 0.05) is 13.0 Å². The summed E-state index contributed by atoms with van der Waals surface area (Å²) in [5.74, 6) is -0.147. The van der Waals surface area contributed by atoms with E-state index in [1.54, 1.807) is 0 Å². The number of carbonyl (C=O) groups excluding carboxylic acids is 1. The lowest BCUT2D eigenvalue weighted by Gasteiger charge is -2.07. The Morgan fingerprint density at radius 1 is 0.714 bits per heavy atom. The van der Waals surface area contributed by atoms with E-state index in [1.165, 1.54) is 83.5 Å². The zero-order valence-electron chi connectivity index (χ0n) is 17.9. The SMILES string of the molecule is [NH3+]C(CS)C(=O)NCCCCCCCCCCCCCCCCCCC(=O)O. The van der Waals surface area contributed by atoms with Gasteiger partial charge in [-0.15, -0.1) is 0 Å². The van der Waals surface area contributed by atoms with Gasteiger partial charge in [-0.2, -0.15) is 12.6 Å². The van der Waals surface area contributed by atoms with Crippen molar-refractivity contribution >= 4 is 24.5 Å². The maximum absolute atomic E-state index is 11.5. The third-order valence-electron chi connectivity index (χ3n) is 5.21. The summed E-state index contributed by atoms with van der Waals surface area (Å²) in [7, 11) is 0. The fraction of sp³-hybridized carbons (Fsp3) is 0.909. The molecule has 1 atom stereocenters. The number of quaternary nitrogens is 1. The Morgan fingerprint density at radius 3 is 1.43 bits per heavy atom. The van der Waals surface area contributed by atoms with E-state index in [9.17, 15) is 9.59 Å². The number of amides is 1. The standard InChI is InChI=1S/C22H44N2O3S/c23-20(19-28)22(27)24-18-16-14-12-10-8-6-4-2-1-3-5-7-9-11-13-15-17-21(25)26/h20,28H,1-19,23H2,(H,24,27)(H,25,26)/p+1. The smallest absolute Gasteiger partial charge is 0.303 e. The molecule has 0 aliphatic rings. The molecule has 0 bridgehead atoms. The minimum absolute atomic E-state index is 0.0192. The van der Waals surface area contributed by atoms with E-state index in [0.717, 1.165) is 25.8 Å². The van der Waals surface area contributed by atoms with Crippen molar-refractivity contribution in [1.82, 2.24) is 5.32 Å². The van der Waals surface area contributed by atoms with Crippen LogP contribution < -0.4 is 11.1 Å². The van der Waals surface area contributed by atoms with Gasteiger partial charge in [0.25, 0.3) is 5.91 Å². The summed E-state index contributed by atoms with van der Waals surface area (Å²) in [5.41, 5.74) is 3.75. The molecule has 1 amide bonds. The Morgan fingerprint density at radius 2 is 1.07 bits per heavy atom. The summed E-state index contributed by atoms with van der Waals surface area (Å²) in [6, 6.07) is -0.237. The number of unbranched alkanes of at least 4 members (excludes halogenated alkanes) is 15. The summed E-state index contributed by atoms with van der Waals surface area (Å²) in [6.07, 6.45) is 20.3. The van der Waals surface area contributed by atoms with Crippen LogP contribution in [0.2, 0.25) is 0 Å². The van der Waals surface area contributed by atoms with Crippen LogP contribution in [0.3, 0.4) is 0 Å². The zero-order valence-corrected chi connectivity index (χ0v) is 18.8. The number of hydrogen-bond acceptors (Lipinski definition) is 3. The molecule has 0 saturated carbocycles. The van der Waals surface area contributed by atoms with Gasteiger partial charge in [-0.05, 0) is 12.8 Å². The number of rotatable bonds is 21. The van der Waals surface area contributed by atoms with Gasteiger partial charge in [0.05, 0.1) is 5.75 Å². The third-order valence-corrected chi connectivity index (χ3v) is 5.65. The highest BCUT2D eigenvalue weighted by Gasteiger charge is 2.13. The average Bonchev–Trinajstić information content (AvgIpc) is 2.68. The third kappa shape index (κ3) is 20.0. The van der Waals surface area contributed by atoms with Gasteiger partial charge in [0.15, 0.2) is 6.04 Å². The number of hydrogen-bond donors (Lipinski definition) is 4. The first-order chi connectivity index (χ1) is 13.6. The van der Waals surface area contributed by atoms with Gasteiger partial charge < -0.3 is 16.2 Å². The largest absolute Gasteiger partial charge is 0.481 e. The molecular weight excluding hydrogens is 372 g/mol. The van der Waals surface area contributed by atoms with E-state index in [4.69, 9.17) is 5.11 Å². The van der Waals surface area contributed by atoms with E-state index < -0.39 is 5.97 Å². The van der Waals surface area contributed by atoms with E-state index >= 15 is 0 Å². The van der Waals surface area contributed by atoms with Gasteiger partial charge in [0.2, 0.25) is 0 Å². The van der Waals surface area contributed by atoms with Crippen LogP contribution in [-0.4, -0.2) is 35.3 Å². The van der Waals surface area contributed by atoms with Crippen LogP contribution in [0.4, 0.5) is 0 Å². The minimum atomic E-state index is -0.668. The molecule has 5 N–H and O–H groups in total. The van der Waals surface area contributed by atoms with Crippen LogP contribution in [0, 0.1) is 0 Å². The number of thiol groups is 1. The van der Waals surface area contributed by atoms with Gasteiger partial charge in [-0.3, -0.25) is 9.59 Å². The lowest BCUT2D eigenvalue weighted by molar-refractivity contribution is -0.396. The van der Waals surface area contributed by atoms with Crippen LogP contribution >= 0.6 is 12.6 Å². The average molecular weight is 418 g/mol. The summed E-state index contributed by atoms with van der Waals surface area (Å²) in [4.78, 5) is 21.9. The minimum Gasteiger partial charge on any atom is -0.481 e. The Hall–Kier alpha value is -0.750. The van der Waals surface area contributed by atoms with Crippen molar-refractivity contribution in [2.24, 2.45) is 0 Å². The lowest BCUT2D eigenvalue weighted by Crippen LogP contribution is -2.68. The molecular formula is C22H45N2O3S+. The van der Waals surface area contributed by atoms with E-state index in [-0.39, 0.29) is 11.9 Å². The molecule has 5 nitrogen and oxygen atoms in total. The van der Waals surface area contributed by atoms with Crippen molar-refractivity contribution in [2.45, 2.75) is 115 Å². The van der Waals surface area contributed by atoms with Gasteiger partial charge in [0.1, 0.15) is 0 Å². The molecule has 0 fully saturated rings. The van der Waals surface area contributed by atoms with Crippen molar-refractivity contribution < 1.29 is 20.4 Å². The van der Waals surface area contributed by atoms with Crippen LogP contribution in [0.1, 0.15) is 109 Å². The molecule has 0 radical (unpaired) electrons. The zero-order chi connectivity index (χ0) is 20.9. The molecule has 0 saturated heterocycles. The summed E-state index contributed by atoms with van der Waals surface area (Å²) in [6.45, 7) is 0.765. The second-order valence-electron chi connectivity index (χ2n) is 7.97. The van der Waals surface area contributed by atoms with Crippen molar-refractivity contribution in [3.63, 3.8) is 0 Å². The highest BCUT2D eigenvalue weighted by atomic mass is 32.1. The summed E-state index contributed by atoms with van der Waals surface area (Å²) < 4.78 is 0. The Kier molecular flexibility index (Phi) is 20.4. The number of carboxylic acid groups (broad SMARTS) is 1. The predicted octanol–water partition coefficient (Wildman–Crippen LogP) is 4.36. The molecule has 1 unspecified atom stereocenters. The molecule has 0 aliphatic heterocycles. The number of carbonyl (C=O) groups is 2. The number of carboxylic acids is 1. The van der Waals surface area contributed by atoms with Crippen molar-refractivity contribution in [3.8, 4) is 0 Å². The molecule has 0 aromatic rings. The maximum Gasteiger partial charge on any atom is 0.303 e. The Balaban J connectivity index is 3.10. The Labute approximate surface area is 178 Å². The Bertz CT molecular complexity index is 381. The number of nitrogens with one attached hydrogen (secondary N) is 1. The normalized spacial score (nSPS) is 12.1. The van der Waals surface area contributed by atoms with E-state index in [0.29, 0.717) is 12.2 Å². The molecule has 6 heteroatoms. The van der Waals surface area contributed by atoms with Crippen LogP contribution in [0.25, 0.3) is 0 Å². The quantitative estimate of drug-likeness (QED) is 0.165. The molecule has 166 valence electrons. The van der Waals surface area contributed by atoms with Crippen LogP contribution in [0.15, 0.2) is 0 Å². The van der Waals surface area contributed by atoms with Gasteiger partial charge in [-0.1, -0.05) is 89.9 Å². The topological polar surface area (TPSA) is 94.0 Å². The van der Waals surface area contributed by atoms with Crippen LogP contribution in [0.5, 0.6) is 0 Å². The summed E-state index contributed by atoms with van der Waals surface area (Å²) >= 11 is 4.08. The first kappa shape index (κ1) is 27.2. The molecule has 0 aliphatic carbocycles. The summed E-state index contributed by atoms with van der Waals surface area (Å²) in [5, 5.41) is 11.5. The monoisotopic (exact) mass is 417 g/mol. The molecule has 0 rings (SSSR count). The molecule has 28 heavy (non-hydrogen) atoms. The number of aliphatic carboxylic acids is 1. The first-order valence-corrected chi connectivity index (χ1v) is 12.1. The van der Waals surface area contributed by atoms with Crippen molar-refractivity contribution in [2.75, 3.05) is 12.3 Å². The maximum atomic E-state index is 11.5.